The third kappa shape index (κ3) is 3.93. The van der Waals surface area contributed by atoms with Crippen molar-refractivity contribution < 1.29 is 19.2 Å². The van der Waals surface area contributed by atoms with E-state index in [1.165, 1.54) is 48.5 Å². The topological polar surface area (TPSA) is 105 Å². The van der Waals surface area contributed by atoms with Gasteiger partial charge in [-0.1, -0.05) is 0 Å². The molecule has 0 fully saturated rings. The first-order valence-electron chi connectivity index (χ1n) is 5.81. The highest BCUT2D eigenvalue weighted by Gasteiger charge is 2.07. The fraction of sp³-hybridized carbons (Fsp3) is 0. The van der Waals surface area contributed by atoms with Gasteiger partial charge in [-0.05, 0) is 24.3 Å². The predicted molar refractivity (Wildman–Crippen MR) is 74.6 cm³/mol. The average Bonchev–Trinajstić information content (AvgIpc) is 2.48. The third-order valence-corrected chi connectivity index (χ3v) is 2.55. The molecule has 0 heterocycles. The number of hydrogen-bond donors (Lipinski definition) is 0. The lowest BCUT2D eigenvalue weighted by Crippen LogP contribution is -2.10. The lowest BCUT2D eigenvalue weighted by molar-refractivity contribution is -0.385. The Hall–Kier alpha value is -3.10. The Kier molecular flexibility index (Phi) is 4.34. The van der Waals surface area contributed by atoms with Gasteiger partial charge in [0, 0.05) is 24.3 Å². The predicted octanol–water partition coefficient (Wildman–Crippen LogP) is 2.23. The van der Waals surface area contributed by atoms with Gasteiger partial charge >= 0.3 is 7.69 Å². The van der Waals surface area contributed by atoms with E-state index in [4.69, 9.17) is 9.31 Å². The zero-order chi connectivity index (χ0) is 15.2. The summed E-state index contributed by atoms with van der Waals surface area (Å²) in [6.07, 6.45) is 0. The zero-order valence-electron chi connectivity index (χ0n) is 10.7. The molecule has 0 saturated carbocycles. The molecule has 0 N–H and O–H groups in total. The van der Waals surface area contributed by atoms with Crippen LogP contribution in [0.1, 0.15) is 0 Å². The molecule has 2 aromatic rings. The summed E-state index contributed by atoms with van der Waals surface area (Å²) in [4.78, 5) is 20.0. The van der Waals surface area contributed by atoms with Gasteiger partial charge in [0.05, 0.1) is 9.85 Å². The monoisotopic (exact) mass is 288 g/mol. The fourth-order valence-electron chi connectivity index (χ4n) is 1.49. The maximum atomic E-state index is 10.5. The molecule has 21 heavy (non-hydrogen) atoms. The minimum Gasteiger partial charge on any atom is -0.529 e. The molecular weight excluding hydrogens is 279 g/mol. The molecule has 0 aliphatic heterocycles. The number of nitro benzene ring substituents is 2. The summed E-state index contributed by atoms with van der Waals surface area (Å²) >= 11 is 0. The van der Waals surface area contributed by atoms with Crippen LogP contribution in [0.4, 0.5) is 11.4 Å². The first-order chi connectivity index (χ1) is 10.1. The van der Waals surface area contributed by atoms with Gasteiger partial charge in [0.1, 0.15) is 11.5 Å². The molecule has 2 rings (SSSR count). The first-order valence-corrected chi connectivity index (χ1v) is 5.81. The molecule has 9 heteroatoms. The number of hydrogen-bond acceptors (Lipinski definition) is 6. The van der Waals surface area contributed by atoms with Crippen LogP contribution in [0.2, 0.25) is 0 Å². The van der Waals surface area contributed by atoms with E-state index >= 15 is 0 Å². The second-order valence-electron chi connectivity index (χ2n) is 3.91. The lowest BCUT2D eigenvalue weighted by atomic mass is 10.2. The maximum Gasteiger partial charge on any atom is 0.576 e. The number of nitrogens with zero attached hydrogens (tertiary/aromatic N) is 2. The van der Waals surface area contributed by atoms with Crippen LogP contribution in [0.15, 0.2) is 48.5 Å². The largest absolute Gasteiger partial charge is 0.576 e. The van der Waals surface area contributed by atoms with Crippen molar-refractivity contribution in [3.8, 4) is 11.5 Å². The Morgan fingerprint density at radius 1 is 0.714 bits per heavy atom. The molecule has 0 aliphatic carbocycles. The molecule has 0 atom stereocenters. The van der Waals surface area contributed by atoms with E-state index < -0.39 is 9.85 Å². The van der Waals surface area contributed by atoms with Crippen molar-refractivity contribution in [1.82, 2.24) is 0 Å². The van der Waals surface area contributed by atoms with E-state index in [0.29, 0.717) is 11.5 Å². The maximum absolute atomic E-state index is 10.5. The van der Waals surface area contributed by atoms with Crippen molar-refractivity contribution in [2.45, 2.75) is 0 Å². The standard InChI is InChI=1S/C12H9BN2O6/c16-14(17)9-1-5-11(6-2-9)20-13-21-12-7-3-10(4-8-12)15(18)19/h1-8,13H. The summed E-state index contributed by atoms with van der Waals surface area (Å²) < 4.78 is 10.5. The van der Waals surface area contributed by atoms with E-state index in [2.05, 4.69) is 0 Å². The van der Waals surface area contributed by atoms with Crippen LogP contribution in [-0.4, -0.2) is 17.5 Å². The Bertz CT molecular complexity index is 586. The van der Waals surface area contributed by atoms with Crippen molar-refractivity contribution in [2.24, 2.45) is 0 Å². The van der Waals surface area contributed by atoms with Crippen molar-refractivity contribution in [3.05, 3.63) is 68.8 Å². The van der Waals surface area contributed by atoms with E-state index in [-0.39, 0.29) is 19.1 Å². The summed E-state index contributed by atoms with van der Waals surface area (Å²) in [5.74, 6) is 0.838. The van der Waals surface area contributed by atoms with Crippen LogP contribution < -0.4 is 9.31 Å². The van der Waals surface area contributed by atoms with Crippen LogP contribution in [0, 0.1) is 20.2 Å². The summed E-state index contributed by atoms with van der Waals surface area (Å²) in [7, 11) is -0.115. The lowest BCUT2D eigenvalue weighted by Gasteiger charge is -2.06. The summed E-state index contributed by atoms with van der Waals surface area (Å²) in [5, 5.41) is 21.0. The normalized spacial score (nSPS) is 9.71. The minimum absolute atomic E-state index is 0.0290. The Morgan fingerprint density at radius 2 is 1.05 bits per heavy atom. The average molecular weight is 288 g/mol. The van der Waals surface area contributed by atoms with Crippen molar-refractivity contribution in [1.29, 1.82) is 0 Å². The molecule has 0 aliphatic rings. The van der Waals surface area contributed by atoms with Crippen molar-refractivity contribution in [2.75, 3.05) is 0 Å². The van der Waals surface area contributed by atoms with Crippen LogP contribution in [0.3, 0.4) is 0 Å². The highest BCUT2D eigenvalue weighted by molar-refractivity contribution is 6.20. The summed E-state index contributed by atoms with van der Waals surface area (Å²) in [6.45, 7) is 0. The van der Waals surface area contributed by atoms with Gasteiger partial charge in [0.25, 0.3) is 11.4 Å². The van der Waals surface area contributed by atoms with Gasteiger partial charge in [-0.15, -0.1) is 0 Å². The van der Waals surface area contributed by atoms with Crippen LogP contribution in [0.25, 0.3) is 0 Å². The molecule has 0 radical (unpaired) electrons. The molecule has 0 saturated heterocycles. The van der Waals surface area contributed by atoms with Gasteiger partial charge in [-0.25, -0.2) is 0 Å². The summed E-state index contributed by atoms with van der Waals surface area (Å²) in [5.41, 5.74) is -0.0581. The van der Waals surface area contributed by atoms with E-state index in [0.717, 1.165) is 0 Å². The van der Waals surface area contributed by atoms with Gasteiger partial charge < -0.3 is 9.31 Å². The second-order valence-corrected chi connectivity index (χ2v) is 3.91. The Labute approximate surface area is 119 Å². The van der Waals surface area contributed by atoms with Crippen molar-refractivity contribution in [3.63, 3.8) is 0 Å². The molecule has 0 amide bonds. The molecule has 8 nitrogen and oxygen atoms in total. The van der Waals surface area contributed by atoms with E-state index in [1.807, 2.05) is 0 Å². The fourth-order valence-corrected chi connectivity index (χ4v) is 1.49. The molecule has 0 bridgehead atoms. The quantitative estimate of drug-likeness (QED) is 0.458. The highest BCUT2D eigenvalue weighted by atomic mass is 16.6. The Balaban J connectivity index is 1.86. The number of benzene rings is 2. The SMILES string of the molecule is O=[N+]([O-])c1ccc(OBOc2ccc([N+](=O)[O-])cc2)cc1. The van der Waals surface area contributed by atoms with E-state index in [1.54, 1.807) is 0 Å². The number of nitro groups is 2. The number of non-ortho nitro benzene ring substituents is 2. The van der Waals surface area contributed by atoms with Crippen LogP contribution in [-0.2, 0) is 0 Å². The molecule has 0 aromatic heterocycles. The molecule has 106 valence electrons. The third-order valence-electron chi connectivity index (χ3n) is 2.55. The molecule has 0 unspecified atom stereocenters. The molecule has 2 aromatic carbocycles. The smallest absolute Gasteiger partial charge is 0.529 e. The highest BCUT2D eigenvalue weighted by Crippen LogP contribution is 2.19. The van der Waals surface area contributed by atoms with Crippen LogP contribution >= 0.6 is 0 Å². The van der Waals surface area contributed by atoms with Gasteiger partial charge in [0.15, 0.2) is 0 Å². The van der Waals surface area contributed by atoms with Crippen molar-refractivity contribution >= 4 is 19.1 Å². The van der Waals surface area contributed by atoms with Crippen LogP contribution in [0.5, 0.6) is 11.5 Å². The first kappa shape index (κ1) is 14.3. The van der Waals surface area contributed by atoms with Gasteiger partial charge in [0.2, 0.25) is 0 Å². The molecular formula is C12H9BN2O6. The van der Waals surface area contributed by atoms with Gasteiger partial charge in [-0.3, -0.25) is 20.2 Å². The van der Waals surface area contributed by atoms with Gasteiger partial charge in [-0.2, -0.15) is 0 Å². The Morgan fingerprint density at radius 3 is 1.33 bits per heavy atom. The summed E-state index contributed by atoms with van der Waals surface area (Å²) in [6, 6.07) is 11.1. The zero-order valence-corrected chi connectivity index (χ0v) is 10.7. The van der Waals surface area contributed by atoms with E-state index in [9.17, 15) is 20.2 Å². The second kappa shape index (κ2) is 6.37. The molecule has 0 spiro atoms. The number of rotatable bonds is 6. The minimum atomic E-state index is -0.503.